The highest BCUT2D eigenvalue weighted by Crippen LogP contribution is 2.27. The van der Waals surface area contributed by atoms with Crippen LogP contribution < -0.4 is 5.32 Å². The molecule has 0 fully saturated rings. The van der Waals surface area contributed by atoms with E-state index in [9.17, 15) is 8.42 Å². The second kappa shape index (κ2) is 8.93. The third-order valence-corrected chi connectivity index (χ3v) is 6.86. The maximum Gasteiger partial charge on any atom is 0.249 e. The van der Waals surface area contributed by atoms with E-state index in [1.807, 2.05) is 31.3 Å². The van der Waals surface area contributed by atoms with Gasteiger partial charge in [-0.05, 0) is 44.7 Å². The van der Waals surface area contributed by atoms with Crippen LogP contribution in [0.2, 0.25) is 0 Å². The van der Waals surface area contributed by atoms with Gasteiger partial charge in [0.1, 0.15) is 0 Å². The van der Waals surface area contributed by atoms with Crippen LogP contribution in [-0.4, -0.2) is 45.9 Å². The van der Waals surface area contributed by atoms with Crippen LogP contribution in [0.1, 0.15) is 19.4 Å². The lowest BCUT2D eigenvalue weighted by atomic mass is 10.1. The van der Waals surface area contributed by atoms with Crippen molar-refractivity contribution < 1.29 is 12.8 Å². The highest BCUT2D eigenvalue weighted by molar-refractivity contribution is 7.91. The van der Waals surface area contributed by atoms with Gasteiger partial charge in [-0.3, -0.25) is 9.97 Å². The SMILES string of the molecule is CNCc1ccc(-c2nnc(-c3cncc(-c4cnc(S(=O)(=O)C(C)C)cn4)c3)o2)cc1. The zero-order valence-corrected chi connectivity index (χ0v) is 18.7. The Hall–Kier alpha value is -3.50. The summed E-state index contributed by atoms with van der Waals surface area (Å²) in [4.78, 5) is 12.6. The number of pyridine rings is 1. The third kappa shape index (κ3) is 4.41. The molecule has 0 atom stereocenters. The van der Waals surface area contributed by atoms with Gasteiger partial charge in [0.05, 0.1) is 28.9 Å². The van der Waals surface area contributed by atoms with E-state index in [1.165, 1.54) is 12.4 Å². The predicted molar refractivity (Wildman–Crippen MR) is 119 cm³/mol. The Morgan fingerprint density at radius 3 is 2.22 bits per heavy atom. The van der Waals surface area contributed by atoms with Crippen LogP contribution in [0.3, 0.4) is 0 Å². The van der Waals surface area contributed by atoms with Crippen molar-refractivity contribution in [3.63, 3.8) is 0 Å². The number of nitrogens with zero attached hydrogens (tertiary/aromatic N) is 5. The number of sulfone groups is 1. The zero-order valence-electron chi connectivity index (χ0n) is 17.8. The van der Waals surface area contributed by atoms with Gasteiger partial charge in [0.2, 0.25) is 11.8 Å². The molecule has 0 radical (unpaired) electrons. The molecule has 164 valence electrons. The van der Waals surface area contributed by atoms with Gasteiger partial charge in [0.15, 0.2) is 14.9 Å². The summed E-state index contributed by atoms with van der Waals surface area (Å²) in [5, 5.41) is 10.8. The number of benzene rings is 1. The maximum atomic E-state index is 12.2. The van der Waals surface area contributed by atoms with E-state index in [-0.39, 0.29) is 5.03 Å². The molecule has 4 rings (SSSR count). The molecule has 0 amide bonds. The lowest BCUT2D eigenvalue weighted by Crippen LogP contribution is -2.15. The van der Waals surface area contributed by atoms with Crippen molar-refractivity contribution in [2.75, 3.05) is 7.05 Å². The van der Waals surface area contributed by atoms with Crippen molar-refractivity contribution in [1.82, 2.24) is 30.5 Å². The Balaban J connectivity index is 1.59. The van der Waals surface area contributed by atoms with E-state index in [2.05, 4.69) is 30.5 Å². The zero-order chi connectivity index (χ0) is 22.7. The van der Waals surface area contributed by atoms with E-state index >= 15 is 0 Å². The fraction of sp³-hybridized carbons (Fsp3) is 0.227. The summed E-state index contributed by atoms with van der Waals surface area (Å²) in [6.07, 6.45) is 5.91. The van der Waals surface area contributed by atoms with Crippen LogP contribution in [0.15, 0.2) is 64.6 Å². The Morgan fingerprint density at radius 1 is 0.906 bits per heavy atom. The van der Waals surface area contributed by atoms with E-state index < -0.39 is 15.1 Å². The number of rotatable bonds is 7. The van der Waals surface area contributed by atoms with Gasteiger partial charge in [-0.2, -0.15) is 0 Å². The average Bonchev–Trinajstić information content (AvgIpc) is 3.30. The van der Waals surface area contributed by atoms with Crippen LogP contribution in [0.5, 0.6) is 0 Å². The van der Waals surface area contributed by atoms with E-state index in [0.29, 0.717) is 28.6 Å². The summed E-state index contributed by atoms with van der Waals surface area (Å²) in [5.41, 5.74) is 3.73. The molecule has 3 heterocycles. The summed E-state index contributed by atoms with van der Waals surface area (Å²) in [7, 11) is -1.59. The summed E-state index contributed by atoms with van der Waals surface area (Å²) in [5.74, 6) is 0.727. The van der Waals surface area contributed by atoms with Gasteiger partial charge in [-0.1, -0.05) is 12.1 Å². The molecular weight excluding hydrogens is 428 g/mol. The molecule has 0 bridgehead atoms. The smallest absolute Gasteiger partial charge is 0.249 e. The first kappa shape index (κ1) is 21.7. The predicted octanol–water partition coefficient (Wildman–Crippen LogP) is 3.16. The molecular formula is C22H22N6O3S. The summed E-state index contributed by atoms with van der Waals surface area (Å²) < 4.78 is 30.3. The second-order valence-corrected chi connectivity index (χ2v) is 9.89. The molecule has 10 heteroatoms. The lowest BCUT2D eigenvalue weighted by Gasteiger charge is -2.07. The minimum atomic E-state index is -3.48. The molecule has 0 saturated heterocycles. The number of nitrogens with one attached hydrogen (secondary N) is 1. The molecule has 32 heavy (non-hydrogen) atoms. The standard InChI is InChI=1S/C22H22N6O3S/c1-14(2)32(29,30)20-13-25-19(12-26-20)17-8-18(11-24-10-17)22-28-27-21(31-22)16-6-4-15(5-7-16)9-23-3/h4-8,10-14,23H,9H2,1-3H3. The molecule has 0 spiro atoms. The first-order chi connectivity index (χ1) is 15.4. The van der Waals surface area contributed by atoms with Crippen molar-refractivity contribution in [2.24, 2.45) is 0 Å². The number of aromatic nitrogens is 5. The summed E-state index contributed by atoms with van der Waals surface area (Å²) in [6, 6.07) is 9.66. The molecule has 3 aromatic heterocycles. The first-order valence-corrected chi connectivity index (χ1v) is 11.5. The first-order valence-electron chi connectivity index (χ1n) is 9.97. The van der Waals surface area contributed by atoms with Crippen molar-refractivity contribution in [2.45, 2.75) is 30.7 Å². The van der Waals surface area contributed by atoms with Crippen molar-refractivity contribution in [1.29, 1.82) is 0 Å². The van der Waals surface area contributed by atoms with Crippen LogP contribution in [0, 0.1) is 0 Å². The van der Waals surface area contributed by atoms with Crippen molar-refractivity contribution in [3.8, 4) is 34.2 Å². The highest BCUT2D eigenvalue weighted by Gasteiger charge is 2.21. The molecule has 4 aromatic rings. The average molecular weight is 451 g/mol. The number of hydrogen-bond acceptors (Lipinski definition) is 9. The minimum absolute atomic E-state index is 0.0531. The lowest BCUT2D eigenvalue weighted by molar-refractivity contribution is 0.582. The topological polar surface area (TPSA) is 124 Å². The van der Waals surface area contributed by atoms with Gasteiger partial charge in [0.25, 0.3) is 0 Å². The molecule has 0 aliphatic carbocycles. The monoisotopic (exact) mass is 450 g/mol. The van der Waals surface area contributed by atoms with Crippen LogP contribution >= 0.6 is 0 Å². The minimum Gasteiger partial charge on any atom is -0.416 e. The van der Waals surface area contributed by atoms with Gasteiger partial charge in [-0.15, -0.1) is 10.2 Å². The summed E-state index contributed by atoms with van der Waals surface area (Å²) >= 11 is 0. The van der Waals surface area contributed by atoms with Gasteiger partial charge >= 0.3 is 0 Å². The summed E-state index contributed by atoms with van der Waals surface area (Å²) in [6.45, 7) is 3.99. The van der Waals surface area contributed by atoms with E-state index in [1.54, 1.807) is 32.3 Å². The normalized spacial score (nSPS) is 11.8. The van der Waals surface area contributed by atoms with E-state index in [0.717, 1.165) is 17.7 Å². The molecule has 0 saturated carbocycles. The molecule has 1 aromatic carbocycles. The molecule has 0 aliphatic rings. The fourth-order valence-corrected chi connectivity index (χ4v) is 3.86. The Bertz CT molecular complexity index is 1320. The second-order valence-electron chi connectivity index (χ2n) is 7.44. The Labute approximate surface area is 185 Å². The van der Waals surface area contributed by atoms with Gasteiger partial charge < -0.3 is 9.73 Å². The molecule has 0 aliphatic heterocycles. The largest absolute Gasteiger partial charge is 0.416 e. The van der Waals surface area contributed by atoms with Crippen LogP contribution in [0.25, 0.3) is 34.2 Å². The van der Waals surface area contributed by atoms with Crippen molar-refractivity contribution in [3.05, 3.63) is 60.7 Å². The van der Waals surface area contributed by atoms with E-state index in [4.69, 9.17) is 4.42 Å². The quantitative estimate of drug-likeness (QED) is 0.452. The number of hydrogen-bond donors (Lipinski definition) is 1. The highest BCUT2D eigenvalue weighted by atomic mass is 32.2. The molecule has 0 unspecified atom stereocenters. The fourth-order valence-electron chi connectivity index (χ4n) is 2.98. The van der Waals surface area contributed by atoms with Gasteiger partial charge in [0, 0.05) is 30.1 Å². The van der Waals surface area contributed by atoms with Crippen LogP contribution in [-0.2, 0) is 16.4 Å². The molecule has 9 nitrogen and oxygen atoms in total. The maximum absolute atomic E-state index is 12.2. The molecule has 1 N–H and O–H groups in total. The van der Waals surface area contributed by atoms with Crippen molar-refractivity contribution >= 4 is 9.84 Å². The Kier molecular flexibility index (Phi) is 6.06. The Morgan fingerprint density at radius 2 is 1.59 bits per heavy atom. The third-order valence-electron chi connectivity index (χ3n) is 4.83. The van der Waals surface area contributed by atoms with Gasteiger partial charge in [-0.25, -0.2) is 13.4 Å². The van der Waals surface area contributed by atoms with Crippen LogP contribution in [0.4, 0.5) is 0 Å².